The second-order valence-electron chi connectivity index (χ2n) is 1.18. The van der Waals surface area contributed by atoms with Gasteiger partial charge in [0.15, 0.2) is 0 Å². The Morgan fingerprint density at radius 3 is 2.44 bits per heavy atom. The summed E-state index contributed by atoms with van der Waals surface area (Å²) < 4.78 is 0. The van der Waals surface area contributed by atoms with E-state index in [-0.39, 0.29) is 34.0 Å². The van der Waals surface area contributed by atoms with E-state index in [0.29, 0.717) is 0 Å². The number of halogens is 2. The van der Waals surface area contributed by atoms with Crippen molar-refractivity contribution in [3.8, 4) is 0 Å². The van der Waals surface area contributed by atoms with Crippen molar-refractivity contribution in [2.24, 2.45) is 0 Å². The van der Waals surface area contributed by atoms with E-state index in [1.807, 2.05) is 0 Å². The number of rotatable bonds is 1. The van der Waals surface area contributed by atoms with Gasteiger partial charge in [-0.2, -0.15) is 0 Å². The molecule has 0 saturated heterocycles. The summed E-state index contributed by atoms with van der Waals surface area (Å²) in [6.07, 6.45) is 5.12. The smallest absolute Gasteiger partial charge is 0.129 e. The van der Waals surface area contributed by atoms with Gasteiger partial charge in [-0.15, -0.1) is 34.0 Å². The molecule has 1 aromatic rings. The fourth-order valence-corrected chi connectivity index (χ4v) is 0.389. The maximum atomic E-state index is 3.86. The van der Waals surface area contributed by atoms with E-state index >= 15 is 0 Å². The van der Waals surface area contributed by atoms with Gasteiger partial charge < -0.3 is 4.98 Å². The second-order valence-corrected chi connectivity index (χ2v) is 1.18. The van der Waals surface area contributed by atoms with Gasteiger partial charge in [0.1, 0.15) is 5.82 Å². The fraction of sp³-hybridized carbons (Fsp3) is 0. The van der Waals surface area contributed by atoms with Crippen LogP contribution in [0.2, 0.25) is 0 Å². The third kappa shape index (κ3) is 3.48. The molecule has 0 aliphatic rings. The van der Waals surface area contributed by atoms with Gasteiger partial charge in [0.05, 0.1) is 0 Å². The highest BCUT2D eigenvalue weighted by Gasteiger charge is 1.78. The van der Waals surface area contributed by atoms with Gasteiger partial charge in [0, 0.05) is 12.4 Å². The molecule has 0 spiro atoms. The van der Waals surface area contributed by atoms with Gasteiger partial charge in [-0.1, -0.05) is 6.58 Å². The molecular formula is C5H8Br2N2. The van der Waals surface area contributed by atoms with Crippen LogP contribution in [0.25, 0.3) is 6.08 Å². The van der Waals surface area contributed by atoms with Crippen molar-refractivity contribution in [2.75, 3.05) is 0 Å². The van der Waals surface area contributed by atoms with Gasteiger partial charge in [-0.05, 0) is 6.08 Å². The molecule has 9 heavy (non-hydrogen) atoms. The van der Waals surface area contributed by atoms with Crippen LogP contribution in [0.3, 0.4) is 0 Å². The monoisotopic (exact) mass is 254 g/mol. The molecule has 0 saturated carbocycles. The van der Waals surface area contributed by atoms with E-state index in [1.54, 1.807) is 18.5 Å². The van der Waals surface area contributed by atoms with E-state index in [9.17, 15) is 0 Å². The summed E-state index contributed by atoms with van der Waals surface area (Å²) >= 11 is 0. The van der Waals surface area contributed by atoms with Crippen LogP contribution in [0.4, 0.5) is 0 Å². The van der Waals surface area contributed by atoms with Gasteiger partial charge in [-0.25, -0.2) is 4.98 Å². The maximum Gasteiger partial charge on any atom is 0.129 e. The van der Waals surface area contributed by atoms with Crippen molar-refractivity contribution in [1.29, 1.82) is 0 Å². The minimum Gasteiger partial charge on any atom is -0.345 e. The molecule has 1 N–H and O–H groups in total. The molecule has 4 heteroatoms. The zero-order chi connectivity index (χ0) is 5.11. The molecule has 0 amide bonds. The number of hydrogen-bond acceptors (Lipinski definition) is 1. The van der Waals surface area contributed by atoms with Crippen LogP contribution in [0.15, 0.2) is 19.0 Å². The summed E-state index contributed by atoms with van der Waals surface area (Å²) in [5.74, 6) is 0.819. The summed E-state index contributed by atoms with van der Waals surface area (Å²) in [5.41, 5.74) is 0. The van der Waals surface area contributed by atoms with E-state index < -0.39 is 0 Å². The van der Waals surface area contributed by atoms with Crippen molar-refractivity contribution in [3.63, 3.8) is 0 Å². The lowest BCUT2D eigenvalue weighted by Crippen LogP contribution is -1.67. The summed E-state index contributed by atoms with van der Waals surface area (Å²) in [5, 5.41) is 0. The molecule has 0 aliphatic carbocycles. The average molecular weight is 256 g/mol. The van der Waals surface area contributed by atoms with Gasteiger partial charge >= 0.3 is 0 Å². The maximum absolute atomic E-state index is 3.86. The van der Waals surface area contributed by atoms with Crippen molar-refractivity contribution < 1.29 is 0 Å². The lowest BCUT2D eigenvalue weighted by molar-refractivity contribution is 1.27. The van der Waals surface area contributed by atoms with Crippen LogP contribution in [-0.2, 0) is 0 Å². The lowest BCUT2D eigenvalue weighted by Gasteiger charge is -1.73. The van der Waals surface area contributed by atoms with Gasteiger partial charge in [-0.3, -0.25) is 0 Å². The van der Waals surface area contributed by atoms with Crippen LogP contribution in [0.1, 0.15) is 5.82 Å². The zero-order valence-electron chi connectivity index (χ0n) is 4.70. The minimum atomic E-state index is 0. The number of nitrogens with zero attached hydrogens (tertiary/aromatic N) is 1. The molecule has 1 aromatic heterocycles. The Hall–Kier alpha value is -0.0900. The van der Waals surface area contributed by atoms with E-state index in [0.717, 1.165) is 5.82 Å². The molecule has 1 rings (SSSR count). The van der Waals surface area contributed by atoms with E-state index in [2.05, 4.69) is 16.5 Å². The van der Waals surface area contributed by atoms with E-state index in [4.69, 9.17) is 0 Å². The highest BCUT2D eigenvalue weighted by Crippen LogP contribution is 1.85. The molecule has 0 atom stereocenters. The van der Waals surface area contributed by atoms with Crippen LogP contribution >= 0.6 is 34.0 Å². The molecular weight excluding hydrogens is 248 g/mol. The average Bonchev–Trinajstić information content (AvgIpc) is 2.14. The number of hydrogen-bond donors (Lipinski definition) is 1. The first kappa shape index (κ1) is 11.7. The third-order valence-electron chi connectivity index (χ3n) is 0.713. The molecule has 0 fully saturated rings. The molecule has 0 aliphatic heterocycles. The standard InChI is InChI=1S/C5H6N2.2BrH/c1-2-5-6-3-4-7-5;;/h2-4H,1H2,(H,6,7);2*1H. The molecule has 0 bridgehead atoms. The number of aromatic nitrogens is 2. The van der Waals surface area contributed by atoms with Crippen LogP contribution in [0, 0.1) is 0 Å². The van der Waals surface area contributed by atoms with Crippen molar-refractivity contribution in [1.82, 2.24) is 9.97 Å². The van der Waals surface area contributed by atoms with Crippen LogP contribution in [-0.4, -0.2) is 9.97 Å². The van der Waals surface area contributed by atoms with E-state index in [1.165, 1.54) is 0 Å². The Balaban J connectivity index is 0. The highest BCUT2D eigenvalue weighted by molar-refractivity contribution is 8.93. The topological polar surface area (TPSA) is 28.7 Å². The summed E-state index contributed by atoms with van der Waals surface area (Å²) in [7, 11) is 0. The first-order valence-electron chi connectivity index (χ1n) is 2.05. The Labute approximate surface area is 74.9 Å². The number of imidazole rings is 1. The minimum absolute atomic E-state index is 0. The Morgan fingerprint density at radius 2 is 2.22 bits per heavy atom. The number of H-pyrrole nitrogens is 1. The first-order valence-corrected chi connectivity index (χ1v) is 2.05. The molecule has 2 nitrogen and oxygen atoms in total. The van der Waals surface area contributed by atoms with Crippen molar-refractivity contribution in [2.45, 2.75) is 0 Å². The summed E-state index contributed by atoms with van der Waals surface area (Å²) in [4.78, 5) is 6.72. The highest BCUT2D eigenvalue weighted by atomic mass is 79.9. The molecule has 52 valence electrons. The van der Waals surface area contributed by atoms with Crippen LogP contribution in [0.5, 0.6) is 0 Å². The predicted octanol–water partition coefficient (Wildman–Crippen LogP) is 2.21. The SMILES string of the molecule is Br.Br.C=Cc1ncc[nH]1. The molecule has 1 heterocycles. The van der Waals surface area contributed by atoms with Crippen LogP contribution < -0.4 is 0 Å². The lowest BCUT2D eigenvalue weighted by atomic mass is 10.6. The fourth-order valence-electron chi connectivity index (χ4n) is 0.389. The Kier molecular flexibility index (Phi) is 7.83. The quantitative estimate of drug-likeness (QED) is 0.819. The molecule has 0 unspecified atom stereocenters. The largest absolute Gasteiger partial charge is 0.345 e. The second kappa shape index (κ2) is 6.04. The Morgan fingerprint density at radius 1 is 1.56 bits per heavy atom. The molecule has 0 aromatic carbocycles. The van der Waals surface area contributed by atoms with Gasteiger partial charge in [0.2, 0.25) is 0 Å². The normalized spacial score (nSPS) is 6.67. The summed E-state index contributed by atoms with van der Waals surface area (Å²) in [6.45, 7) is 3.51. The third-order valence-corrected chi connectivity index (χ3v) is 0.713. The van der Waals surface area contributed by atoms with Crippen molar-refractivity contribution in [3.05, 3.63) is 24.8 Å². The first-order chi connectivity index (χ1) is 3.43. The number of aromatic amines is 1. The molecule has 0 radical (unpaired) electrons. The predicted molar refractivity (Wildman–Crippen MR) is 49.3 cm³/mol. The van der Waals surface area contributed by atoms with Crippen molar-refractivity contribution >= 4 is 40.0 Å². The Bertz CT molecular complexity index is 148. The summed E-state index contributed by atoms with van der Waals surface area (Å²) in [6, 6.07) is 0. The number of nitrogens with one attached hydrogen (secondary N) is 1. The zero-order valence-corrected chi connectivity index (χ0v) is 8.13. The van der Waals surface area contributed by atoms with Gasteiger partial charge in [0.25, 0.3) is 0 Å².